The zero-order chi connectivity index (χ0) is 44.8. The smallest absolute Gasteiger partial charge is 0.0636 e. The summed E-state index contributed by atoms with van der Waals surface area (Å²) in [6.07, 6.45) is 37.1. The molecule has 6 aromatic carbocycles. The van der Waals surface area contributed by atoms with Gasteiger partial charge in [0.25, 0.3) is 0 Å². The number of hydrogen-bond acceptors (Lipinski definition) is 3. The van der Waals surface area contributed by atoms with Gasteiger partial charge >= 0.3 is 0 Å². The molecule has 2 aliphatic carbocycles. The lowest BCUT2D eigenvalue weighted by atomic mass is 9.92. The fourth-order valence-corrected chi connectivity index (χ4v) is 7.65. The molecule has 0 fully saturated rings. The number of allylic oxidation sites excluding steroid dienone is 15. The van der Waals surface area contributed by atoms with Gasteiger partial charge in [-0.25, -0.2) is 0 Å². The Labute approximate surface area is 381 Å². The molecular formula is C61H59N3. The Hall–Kier alpha value is -7.75. The maximum Gasteiger partial charge on any atom is 0.0636 e. The first-order valence-corrected chi connectivity index (χ1v) is 22.0. The van der Waals surface area contributed by atoms with Crippen LogP contribution in [0.5, 0.6) is 0 Å². The Morgan fingerprint density at radius 3 is 2.19 bits per heavy atom. The molecule has 1 unspecified atom stereocenters. The highest BCUT2D eigenvalue weighted by molar-refractivity contribution is 5.88. The molecule has 0 aromatic heterocycles. The van der Waals surface area contributed by atoms with Crippen molar-refractivity contribution in [3.63, 3.8) is 0 Å². The minimum Gasteiger partial charge on any atom is -0.405 e. The zero-order valence-corrected chi connectivity index (χ0v) is 37.1. The van der Waals surface area contributed by atoms with Gasteiger partial charge in [0.05, 0.1) is 5.70 Å². The second kappa shape index (κ2) is 24.6. The van der Waals surface area contributed by atoms with E-state index in [2.05, 4.69) is 158 Å². The molecule has 0 spiro atoms. The second-order valence-electron chi connectivity index (χ2n) is 15.5. The van der Waals surface area contributed by atoms with Crippen LogP contribution in [0, 0.1) is 0 Å². The number of aliphatic imine (C=N–C) groups is 1. The third kappa shape index (κ3) is 13.4. The predicted molar refractivity (Wildman–Crippen MR) is 282 cm³/mol. The summed E-state index contributed by atoms with van der Waals surface area (Å²) in [6.45, 7) is 8.44. The summed E-state index contributed by atoms with van der Waals surface area (Å²) < 4.78 is 0. The lowest BCUT2D eigenvalue weighted by molar-refractivity contribution is 0.824. The lowest BCUT2D eigenvalue weighted by Gasteiger charge is -2.13. The summed E-state index contributed by atoms with van der Waals surface area (Å²) in [4.78, 5) is 4.45. The van der Waals surface area contributed by atoms with E-state index in [-0.39, 0.29) is 0 Å². The van der Waals surface area contributed by atoms with Gasteiger partial charge in [0.15, 0.2) is 0 Å². The predicted octanol–water partition coefficient (Wildman–Crippen LogP) is 15.7. The highest BCUT2D eigenvalue weighted by Gasteiger charge is 2.28. The van der Waals surface area contributed by atoms with Gasteiger partial charge in [-0.3, -0.25) is 4.99 Å². The monoisotopic (exact) mass is 833 g/mol. The number of nitrogen functional groups attached to an aromatic ring is 1. The van der Waals surface area contributed by atoms with Gasteiger partial charge in [-0.05, 0) is 124 Å². The fraction of sp³-hybridized carbons (Fsp3) is 0.0984. The van der Waals surface area contributed by atoms with Crippen molar-refractivity contribution in [2.45, 2.75) is 39.0 Å². The molecule has 0 aliphatic heterocycles. The van der Waals surface area contributed by atoms with Crippen LogP contribution in [-0.4, -0.2) is 6.21 Å². The standard InChI is InChI=1S/C26H23N.C20H19N.C15H17N/c1-3-4-5-10-19-27-21(2)26-14-9-8-12-24(26)18-16-22-15-17-23-11-6-7-13-25(23)20-22;1-13-17-4-2-3-5-18(17)19-11-8-15(12-20(13)19)14-6-9-16(21)10-7-14;16-14-10-5-3-1-2-4-7-11-15-12-8-6-9-13-15/h3-20H,2H2,1H3;3,5-13H,2,4,21H2,1H3;1-10,12-14H,11,16H2/b4-3-,10-5-,18-16-,27-19?;;2-1+,5-3-,7-4+,14-10-. The molecule has 0 heterocycles. The van der Waals surface area contributed by atoms with Crippen molar-refractivity contribution in [2.24, 2.45) is 10.7 Å². The van der Waals surface area contributed by atoms with Crippen molar-refractivity contribution in [3.05, 3.63) is 270 Å². The molecule has 0 saturated carbocycles. The third-order valence-electron chi connectivity index (χ3n) is 11.0. The second-order valence-corrected chi connectivity index (χ2v) is 15.5. The van der Waals surface area contributed by atoms with Crippen LogP contribution in [0.25, 0.3) is 45.3 Å². The van der Waals surface area contributed by atoms with Crippen molar-refractivity contribution in [2.75, 3.05) is 5.73 Å². The zero-order valence-electron chi connectivity index (χ0n) is 37.1. The summed E-state index contributed by atoms with van der Waals surface area (Å²) in [6, 6.07) is 48.5. The number of nitrogens with two attached hydrogens (primary N) is 2. The summed E-state index contributed by atoms with van der Waals surface area (Å²) in [5, 5.41) is 2.50. The number of rotatable bonds is 12. The summed E-state index contributed by atoms with van der Waals surface area (Å²) in [5.41, 5.74) is 25.7. The average Bonchev–Trinajstić information content (AvgIpc) is 3.63. The molecule has 0 amide bonds. The maximum atomic E-state index is 5.78. The van der Waals surface area contributed by atoms with E-state index in [0.29, 0.717) is 5.92 Å². The summed E-state index contributed by atoms with van der Waals surface area (Å²) >= 11 is 0. The third-order valence-corrected chi connectivity index (χ3v) is 11.0. The normalized spacial score (nSPS) is 14.7. The van der Waals surface area contributed by atoms with Crippen molar-refractivity contribution in [1.29, 1.82) is 0 Å². The van der Waals surface area contributed by atoms with Gasteiger partial charge in [0, 0.05) is 23.4 Å². The molecule has 4 N–H and O–H groups in total. The van der Waals surface area contributed by atoms with Crippen LogP contribution in [-0.2, 0) is 6.42 Å². The SMILES string of the molecule is C=C(N=C/C=C\C=C/C)c1ccccc1/C=C\c1ccc2ccccc2c1.CC1C2=C(C=CCC2)c2ccc(-c3ccc(N)cc3)cc21.N\C=C/C=C\C=C\C=C\Cc1ccccc1. The Bertz CT molecular complexity index is 2780. The van der Waals surface area contributed by atoms with Crippen LogP contribution in [0.15, 0.2) is 242 Å². The van der Waals surface area contributed by atoms with E-state index in [1.54, 1.807) is 17.9 Å². The Balaban J connectivity index is 0.000000165. The number of benzene rings is 6. The van der Waals surface area contributed by atoms with Gasteiger partial charge in [-0.15, -0.1) is 0 Å². The first-order valence-electron chi connectivity index (χ1n) is 22.0. The fourth-order valence-electron chi connectivity index (χ4n) is 7.65. The first-order chi connectivity index (χ1) is 31.4. The molecule has 3 nitrogen and oxygen atoms in total. The van der Waals surface area contributed by atoms with Crippen molar-refractivity contribution in [1.82, 2.24) is 0 Å². The largest absolute Gasteiger partial charge is 0.405 e. The van der Waals surface area contributed by atoms with E-state index in [1.807, 2.05) is 91.9 Å². The van der Waals surface area contributed by atoms with Gasteiger partial charge in [0.2, 0.25) is 0 Å². The van der Waals surface area contributed by atoms with E-state index >= 15 is 0 Å². The number of hydrogen-bond donors (Lipinski definition) is 2. The van der Waals surface area contributed by atoms with E-state index in [1.165, 1.54) is 68.8 Å². The molecule has 64 heavy (non-hydrogen) atoms. The average molecular weight is 834 g/mol. The van der Waals surface area contributed by atoms with Crippen LogP contribution in [0.4, 0.5) is 5.69 Å². The maximum absolute atomic E-state index is 5.78. The molecule has 6 aromatic rings. The number of nitrogens with zero attached hydrogens (tertiary/aromatic N) is 1. The van der Waals surface area contributed by atoms with Crippen LogP contribution in [0.3, 0.4) is 0 Å². The highest BCUT2D eigenvalue weighted by Crippen LogP contribution is 2.47. The summed E-state index contributed by atoms with van der Waals surface area (Å²) in [7, 11) is 0. The first kappa shape index (κ1) is 45.8. The Kier molecular flexibility index (Phi) is 17.6. The Morgan fingerprint density at radius 2 is 1.39 bits per heavy atom. The number of anilines is 1. The van der Waals surface area contributed by atoms with Crippen LogP contribution in [0.2, 0.25) is 0 Å². The molecule has 318 valence electrons. The van der Waals surface area contributed by atoms with Crippen LogP contribution < -0.4 is 11.5 Å². The highest BCUT2D eigenvalue weighted by atomic mass is 14.7. The minimum absolute atomic E-state index is 0.550. The minimum atomic E-state index is 0.550. The molecular weight excluding hydrogens is 775 g/mol. The van der Waals surface area contributed by atoms with E-state index < -0.39 is 0 Å². The lowest BCUT2D eigenvalue weighted by Crippen LogP contribution is -1.95. The van der Waals surface area contributed by atoms with Crippen molar-refractivity contribution >= 4 is 46.1 Å². The van der Waals surface area contributed by atoms with Crippen molar-refractivity contribution < 1.29 is 0 Å². The quantitative estimate of drug-likeness (QED) is 0.0558. The molecule has 1 atom stereocenters. The van der Waals surface area contributed by atoms with Gasteiger partial charge in [-0.2, -0.15) is 0 Å². The molecule has 3 heteroatoms. The van der Waals surface area contributed by atoms with Gasteiger partial charge in [-0.1, -0.05) is 213 Å². The molecule has 0 radical (unpaired) electrons. The topological polar surface area (TPSA) is 64.4 Å². The van der Waals surface area contributed by atoms with Crippen LogP contribution in [0.1, 0.15) is 66.0 Å². The van der Waals surface area contributed by atoms with Crippen LogP contribution >= 0.6 is 0 Å². The van der Waals surface area contributed by atoms with Gasteiger partial charge < -0.3 is 11.5 Å². The van der Waals surface area contributed by atoms with Gasteiger partial charge in [0.1, 0.15) is 0 Å². The van der Waals surface area contributed by atoms with E-state index in [4.69, 9.17) is 11.5 Å². The van der Waals surface area contributed by atoms with Crippen molar-refractivity contribution in [3.8, 4) is 11.1 Å². The molecule has 8 rings (SSSR count). The molecule has 0 bridgehead atoms. The summed E-state index contributed by atoms with van der Waals surface area (Å²) in [5.74, 6) is 0.550. The number of fused-ring (bicyclic) bond motifs is 3. The van der Waals surface area contributed by atoms with E-state index in [0.717, 1.165) is 28.9 Å². The van der Waals surface area contributed by atoms with E-state index in [9.17, 15) is 0 Å². The Morgan fingerprint density at radius 1 is 0.688 bits per heavy atom. The molecule has 0 saturated heterocycles. The molecule has 2 aliphatic rings.